The number of carbonyl (C=O) groups is 1. The summed E-state index contributed by atoms with van der Waals surface area (Å²) >= 11 is 6.23. The maximum Gasteiger partial charge on any atom is 0.246 e. The van der Waals surface area contributed by atoms with Crippen LogP contribution >= 0.6 is 11.6 Å². The summed E-state index contributed by atoms with van der Waals surface area (Å²) < 4.78 is 2.06. The number of nitriles is 1. The lowest BCUT2D eigenvalue weighted by atomic mass is 10.1. The number of aryl methyl sites for hydroxylation is 1. The van der Waals surface area contributed by atoms with Gasteiger partial charge in [0.25, 0.3) is 0 Å². The van der Waals surface area contributed by atoms with E-state index in [0.29, 0.717) is 31.1 Å². The molecule has 0 saturated carbocycles. The van der Waals surface area contributed by atoms with E-state index in [1.807, 2.05) is 67.7 Å². The highest BCUT2D eigenvalue weighted by Crippen LogP contribution is 2.23. The summed E-state index contributed by atoms with van der Waals surface area (Å²) in [6.45, 7) is 3.66. The van der Waals surface area contributed by atoms with Crippen LogP contribution in [0.4, 0.5) is 0 Å². The van der Waals surface area contributed by atoms with Crippen molar-refractivity contribution >= 4 is 34.5 Å². The van der Waals surface area contributed by atoms with Crippen LogP contribution in [-0.2, 0) is 17.9 Å². The van der Waals surface area contributed by atoms with Crippen LogP contribution in [0.5, 0.6) is 0 Å². The fourth-order valence-corrected chi connectivity index (χ4v) is 3.40. The van der Waals surface area contributed by atoms with Crippen molar-refractivity contribution in [3.05, 3.63) is 77.0 Å². The number of rotatable bonds is 7. The van der Waals surface area contributed by atoms with Gasteiger partial charge in [-0.15, -0.1) is 0 Å². The Hall–Kier alpha value is -3.03. The summed E-state index contributed by atoms with van der Waals surface area (Å²) in [5.74, 6) is -0.0590. The van der Waals surface area contributed by atoms with Crippen molar-refractivity contribution in [1.82, 2.24) is 9.47 Å². The van der Waals surface area contributed by atoms with E-state index < -0.39 is 0 Å². The summed E-state index contributed by atoms with van der Waals surface area (Å²) in [6.07, 6.45) is 5.90. The number of hydrogen-bond acceptors (Lipinski definition) is 2. The molecule has 28 heavy (non-hydrogen) atoms. The third-order valence-corrected chi connectivity index (χ3v) is 5.07. The van der Waals surface area contributed by atoms with Crippen molar-refractivity contribution in [2.45, 2.75) is 26.4 Å². The van der Waals surface area contributed by atoms with Crippen LogP contribution in [0.15, 0.2) is 60.8 Å². The monoisotopic (exact) mass is 391 g/mol. The Morgan fingerprint density at radius 1 is 1.21 bits per heavy atom. The highest BCUT2D eigenvalue weighted by Gasteiger charge is 2.12. The molecule has 0 bridgehead atoms. The summed E-state index contributed by atoms with van der Waals surface area (Å²) in [7, 11) is 0. The maximum atomic E-state index is 12.7. The molecule has 0 radical (unpaired) electrons. The van der Waals surface area contributed by atoms with E-state index in [1.54, 1.807) is 11.0 Å². The molecule has 1 aromatic heterocycles. The molecular weight excluding hydrogens is 370 g/mol. The number of hydrogen-bond donors (Lipinski definition) is 0. The van der Waals surface area contributed by atoms with Crippen LogP contribution in [0.3, 0.4) is 0 Å². The minimum atomic E-state index is -0.0590. The molecule has 0 N–H and O–H groups in total. The number of likely N-dealkylation sites (N-methyl/N-ethyl adjacent to an activating group) is 1. The van der Waals surface area contributed by atoms with Crippen LogP contribution in [0.1, 0.15) is 24.5 Å². The van der Waals surface area contributed by atoms with Gasteiger partial charge in [-0.2, -0.15) is 5.26 Å². The minimum Gasteiger partial charge on any atom is -0.346 e. The molecule has 2 aromatic carbocycles. The van der Waals surface area contributed by atoms with Crippen molar-refractivity contribution in [3.63, 3.8) is 0 Å². The second kappa shape index (κ2) is 9.25. The van der Waals surface area contributed by atoms with Gasteiger partial charge in [-0.3, -0.25) is 4.79 Å². The van der Waals surface area contributed by atoms with Gasteiger partial charge in [0.2, 0.25) is 5.91 Å². The van der Waals surface area contributed by atoms with Crippen molar-refractivity contribution in [3.8, 4) is 6.07 Å². The molecule has 4 nitrogen and oxygen atoms in total. The average Bonchev–Trinajstić information content (AvgIpc) is 3.07. The first-order valence-corrected chi connectivity index (χ1v) is 9.67. The summed E-state index contributed by atoms with van der Waals surface area (Å²) in [4.78, 5) is 14.5. The Kier molecular flexibility index (Phi) is 6.52. The van der Waals surface area contributed by atoms with Crippen molar-refractivity contribution in [2.24, 2.45) is 0 Å². The molecule has 1 heterocycles. The van der Waals surface area contributed by atoms with Crippen LogP contribution in [0.25, 0.3) is 17.0 Å². The predicted molar refractivity (Wildman–Crippen MR) is 114 cm³/mol. The SMILES string of the molecule is CCN(Cc1ccccc1Cl)C(=O)/C=C/c1cn(CCC#N)c2ccccc12. The fraction of sp³-hybridized carbons (Fsp3) is 0.217. The first-order valence-electron chi connectivity index (χ1n) is 9.29. The Balaban J connectivity index is 1.81. The van der Waals surface area contributed by atoms with E-state index in [1.165, 1.54) is 0 Å². The molecule has 142 valence electrons. The quantitative estimate of drug-likeness (QED) is 0.515. The van der Waals surface area contributed by atoms with Crippen molar-refractivity contribution in [2.75, 3.05) is 6.54 Å². The third kappa shape index (κ3) is 4.44. The van der Waals surface area contributed by atoms with Crippen LogP contribution < -0.4 is 0 Å². The number of carbonyl (C=O) groups excluding carboxylic acids is 1. The number of nitrogens with zero attached hydrogens (tertiary/aromatic N) is 3. The Morgan fingerprint density at radius 3 is 2.71 bits per heavy atom. The molecule has 0 unspecified atom stereocenters. The predicted octanol–water partition coefficient (Wildman–Crippen LogP) is 5.27. The smallest absolute Gasteiger partial charge is 0.246 e. The molecule has 0 atom stereocenters. The average molecular weight is 392 g/mol. The Bertz CT molecular complexity index is 1050. The topological polar surface area (TPSA) is 49.0 Å². The van der Waals surface area contributed by atoms with Gasteiger partial charge in [0, 0.05) is 53.4 Å². The number of amides is 1. The molecule has 0 spiro atoms. The normalized spacial score (nSPS) is 11.0. The van der Waals surface area contributed by atoms with Gasteiger partial charge >= 0.3 is 0 Å². The lowest BCUT2D eigenvalue weighted by molar-refractivity contribution is -0.126. The lowest BCUT2D eigenvalue weighted by Crippen LogP contribution is -2.28. The highest BCUT2D eigenvalue weighted by molar-refractivity contribution is 6.31. The summed E-state index contributed by atoms with van der Waals surface area (Å²) in [6, 6.07) is 17.8. The van der Waals surface area contributed by atoms with E-state index in [-0.39, 0.29) is 5.91 Å². The number of benzene rings is 2. The highest BCUT2D eigenvalue weighted by atomic mass is 35.5. The van der Waals surface area contributed by atoms with Gasteiger partial charge in [-0.05, 0) is 30.7 Å². The Morgan fingerprint density at radius 2 is 1.96 bits per heavy atom. The number of fused-ring (bicyclic) bond motifs is 1. The van der Waals surface area contributed by atoms with E-state index in [4.69, 9.17) is 16.9 Å². The van der Waals surface area contributed by atoms with E-state index in [9.17, 15) is 4.79 Å². The molecule has 1 amide bonds. The first-order chi connectivity index (χ1) is 13.6. The van der Waals surface area contributed by atoms with Crippen LogP contribution in [-0.4, -0.2) is 21.9 Å². The largest absolute Gasteiger partial charge is 0.346 e. The maximum absolute atomic E-state index is 12.7. The van der Waals surface area contributed by atoms with Crippen LogP contribution in [0, 0.1) is 11.3 Å². The number of halogens is 1. The van der Waals surface area contributed by atoms with Gasteiger partial charge in [0.05, 0.1) is 12.5 Å². The lowest BCUT2D eigenvalue weighted by Gasteiger charge is -2.19. The zero-order valence-electron chi connectivity index (χ0n) is 15.8. The minimum absolute atomic E-state index is 0.0590. The van der Waals surface area contributed by atoms with Crippen molar-refractivity contribution < 1.29 is 4.79 Å². The molecule has 0 fully saturated rings. The Labute approximate surface area is 170 Å². The molecule has 0 aliphatic carbocycles. The molecular formula is C23H22ClN3O. The number of aromatic nitrogens is 1. The molecule has 5 heteroatoms. The van der Waals surface area contributed by atoms with Gasteiger partial charge in [-0.1, -0.05) is 48.0 Å². The molecule has 0 aliphatic heterocycles. The number of para-hydroxylation sites is 1. The third-order valence-electron chi connectivity index (χ3n) is 4.70. The van der Waals surface area contributed by atoms with Gasteiger partial charge in [0.15, 0.2) is 0 Å². The zero-order valence-corrected chi connectivity index (χ0v) is 16.6. The molecule has 3 aromatic rings. The molecule has 0 aliphatic rings. The fourth-order valence-electron chi connectivity index (χ4n) is 3.21. The van der Waals surface area contributed by atoms with Crippen LogP contribution in [0.2, 0.25) is 5.02 Å². The van der Waals surface area contributed by atoms with E-state index in [2.05, 4.69) is 10.6 Å². The van der Waals surface area contributed by atoms with Gasteiger partial charge < -0.3 is 9.47 Å². The second-order valence-electron chi connectivity index (χ2n) is 6.48. The second-order valence-corrected chi connectivity index (χ2v) is 6.89. The van der Waals surface area contributed by atoms with E-state index >= 15 is 0 Å². The first kappa shape index (κ1) is 19.7. The molecule has 0 saturated heterocycles. The van der Waals surface area contributed by atoms with Gasteiger partial charge in [-0.25, -0.2) is 0 Å². The van der Waals surface area contributed by atoms with E-state index in [0.717, 1.165) is 22.0 Å². The van der Waals surface area contributed by atoms with Gasteiger partial charge in [0.1, 0.15) is 0 Å². The van der Waals surface area contributed by atoms with Crippen molar-refractivity contribution in [1.29, 1.82) is 5.26 Å². The summed E-state index contributed by atoms with van der Waals surface area (Å²) in [5.41, 5.74) is 2.96. The summed E-state index contributed by atoms with van der Waals surface area (Å²) in [5, 5.41) is 10.6. The standard InChI is InChI=1S/C23H22ClN3O/c1-2-26(17-19-8-3-5-10-21(19)24)23(28)13-12-18-16-27(15-7-14-25)22-11-6-4-9-20(18)22/h3-6,8-13,16H,2,7,15,17H2,1H3/b13-12+. The zero-order chi connectivity index (χ0) is 19.9. The molecule has 3 rings (SSSR count).